The van der Waals surface area contributed by atoms with Gasteiger partial charge in [-0.1, -0.05) is 0 Å². The summed E-state index contributed by atoms with van der Waals surface area (Å²) >= 11 is 0. The molecule has 1 N–H and O–H groups in total. The Morgan fingerprint density at radius 1 is 1.31 bits per heavy atom. The number of fused-ring (bicyclic) bond motifs is 1. The maximum Gasteiger partial charge on any atom is 0.278 e. The van der Waals surface area contributed by atoms with Crippen molar-refractivity contribution in [2.45, 2.75) is 19.4 Å². The molecule has 86 valence electrons. The van der Waals surface area contributed by atoms with E-state index in [0.717, 1.165) is 5.56 Å². The largest absolute Gasteiger partial charge is 0.428 e. The van der Waals surface area contributed by atoms with Crippen LogP contribution in [0.1, 0.15) is 12.5 Å². The molecule has 0 saturated heterocycles. The molecule has 1 aromatic carbocycles. The second-order valence-corrected chi connectivity index (χ2v) is 3.94. The van der Waals surface area contributed by atoms with E-state index in [1.165, 1.54) is 12.1 Å². The van der Waals surface area contributed by atoms with Crippen LogP contribution in [-0.4, -0.2) is 13.1 Å². The Bertz CT molecular complexity index is 507. The first kappa shape index (κ1) is 11.1. The lowest BCUT2D eigenvalue weighted by Gasteiger charge is -2.09. The maximum absolute atomic E-state index is 13.5. The number of halogens is 2. The quantitative estimate of drug-likeness (QED) is 0.868. The van der Waals surface area contributed by atoms with E-state index in [-0.39, 0.29) is 11.6 Å². The van der Waals surface area contributed by atoms with Gasteiger partial charge in [0.2, 0.25) is 0 Å². The summed E-state index contributed by atoms with van der Waals surface area (Å²) in [5.41, 5.74) is 0.811. The lowest BCUT2D eigenvalue weighted by atomic mass is 10.1. The molecule has 0 fully saturated rings. The van der Waals surface area contributed by atoms with Crippen LogP contribution in [0.5, 0.6) is 0 Å². The number of hydrogen-bond acceptors (Lipinski definition) is 2. The Kier molecular flexibility index (Phi) is 2.92. The summed E-state index contributed by atoms with van der Waals surface area (Å²) in [6, 6.07) is 3.82. The normalized spacial score (nSPS) is 13.2. The van der Waals surface area contributed by atoms with Crippen molar-refractivity contribution in [3.05, 3.63) is 35.6 Å². The molecular weight excluding hydrogens is 212 g/mol. The van der Waals surface area contributed by atoms with E-state index in [0.29, 0.717) is 11.8 Å². The van der Waals surface area contributed by atoms with Crippen LogP contribution in [-0.2, 0) is 6.42 Å². The molecule has 2 nitrogen and oxygen atoms in total. The fraction of sp³-hybridized carbons (Fsp3) is 0.333. The lowest BCUT2D eigenvalue weighted by Crippen LogP contribution is -2.23. The summed E-state index contributed by atoms with van der Waals surface area (Å²) in [4.78, 5) is 0. The van der Waals surface area contributed by atoms with Gasteiger partial charge in [-0.3, -0.25) is 0 Å². The van der Waals surface area contributed by atoms with E-state index in [1.54, 1.807) is 6.07 Å². The third-order valence-electron chi connectivity index (χ3n) is 2.64. The van der Waals surface area contributed by atoms with Crippen molar-refractivity contribution in [2.24, 2.45) is 0 Å². The number of hydrogen-bond donors (Lipinski definition) is 1. The highest BCUT2D eigenvalue weighted by Gasteiger charge is 2.11. The van der Waals surface area contributed by atoms with Crippen molar-refractivity contribution in [3.8, 4) is 0 Å². The summed E-state index contributed by atoms with van der Waals surface area (Å²) in [6.45, 7) is 2.00. The minimum atomic E-state index is -0.757. The fourth-order valence-corrected chi connectivity index (χ4v) is 1.71. The predicted molar refractivity (Wildman–Crippen MR) is 58.4 cm³/mol. The highest BCUT2D eigenvalue weighted by Crippen LogP contribution is 2.23. The third kappa shape index (κ3) is 2.07. The molecule has 0 aliphatic heterocycles. The van der Waals surface area contributed by atoms with Crippen LogP contribution in [0.15, 0.2) is 22.6 Å². The molecule has 0 radical (unpaired) electrons. The third-order valence-corrected chi connectivity index (χ3v) is 2.64. The highest BCUT2D eigenvalue weighted by molar-refractivity contribution is 5.78. The number of rotatable bonds is 3. The number of likely N-dealkylation sites (N-methyl/N-ethyl adjacent to an activating group) is 1. The molecule has 0 unspecified atom stereocenters. The highest BCUT2D eigenvalue weighted by atomic mass is 19.1. The molecule has 1 heterocycles. The first-order valence-electron chi connectivity index (χ1n) is 5.15. The second-order valence-electron chi connectivity index (χ2n) is 3.94. The Labute approximate surface area is 92.2 Å². The van der Waals surface area contributed by atoms with Gasteiger partial charge in [0.25, 0.3) is 6.01 Å². The summed E-state index contributed by atoms with van der Waals surface area (Å²) in [7, 11) is 1.84. The van der Waals surface area contributed by atoms with E-state index in [1.807, 2.05) is 14.0 Å². The van der Waals surface area contributed by atoms with Gasteiger partial charge in [-0.15, -0.1) is 0 Å². The van der Waals surface area contributed by atoms with Crippen molar-refractivity contribution < 1.29 is 13.2 Å². The van der Waals surface area contributed by atoms with Gasteiger partial charge in [-0.05, 0) is 38.1 Å². The minimum Gasteiger partial charge on any atom is -0.428 e. The van der Waals surface area contributed by atoms with E-state index in [9.17, 15) is 8.78 Å². The Balaban J connectivity index is 2.41. The average molecular weight is 225 g/mol. The molecule has 0 amide bonds. The van der Waals surface area contributed by atoms with Crippen LogP contribution in [0.3, 0.4) is 0 Å². The Morgan fingerprint density at radius 2 is 2.06 bits per heavy atom. The first-order chi connectivity index (χ1) is 7.60. The summed E-state index contributed by atoms with van der Waals surface area (Å²) in [5, 5.41) is 3.53. The van der Waals surface area contributed by atoms with Crippen LogP contribution in [0.2, 0.25) is 0 Å². The van der Waals surface area contributed by atoms with Crippen LogP contribution in [0.4, 0.5) is 8.78 Å². The number of nitrogens with one attached hydrogen (secondary N) is 1. The lowest BCUT2D eigenvalue weighted by molar-refractivity contribution is 0.374. The van der Waals surface area contributed by atoms with Gasteiger partial charge in [0, 0.05) is 17.5 Å². The maximum atomic E-state index is 13.5. The summed E-state index contributed by atoms with van der Waals surface area (Å²) in [5.74, 6) is -0.514. The SMILES string of the molecule is CN[C@@H](C)Cc1cc(F)c2oc(F)cc2c1. The molecule has 2 aromatic rings. The van der Waals surface area contributed by atoms with Crippen LogP contribution in [0.25, 0.3) is 11.0 Å². The van der Waals surface area contributed by atoms with Crippen molar-refractivity contribution >= 4 is 11.0 Å². The van der Waals surface area contributed by atoms with Crippen LogP contribution >= 0.6 is 0 Å². The Hall–Kier alpha value is -1.42. The number of benzene rings is 1. The zero-order chi connectivity index (χ0) is 11.7. The minimum absolute atomic E-state index is 0.0154. The monoisotopic (exact) mass is 225 g/mol. The van der Waals surface area contributed by atoms with Crippen molar-refractivity contribution in [1.82, 2.24) is 5.32 Å². The second kappa shape index (κ2) is 4.22. The van der Waals surface area contributed by atoms with Gasteiger partial charge in [-0.25, -0.2) is 4.39 Å². The predicted octanol–water partition coefficient (Wildman–Crippen LogP) is 2.86. The van der Waals surface area contributed by atoms with E-state index >= 15 is 0 Å². The molecule has 0 aliphatic rings. The molecule has 0 bridgehead atoms. The molecule has 2 rings (SSSR count). The first-order valence-corrected chi connectivity index (χ1v) is 5.15. The molecule has 0 spiro atoms. The molecule has 16 heavy (non-hydrogen) atoms. The smallest absolute Gasteiger partial charge is 0.278 e. The molecular formula is C12H13F2NO. The summed E-state index contributed by atoms with van der Waals surface area (Å²) < 4.78 is 31.0. The van der Waals surface area contributed by atoms with Gasteiger partial charge in [-0.2, -0.15) is 4.39 Å². The van der Waals surface area contributed by atoms with Crippen molar-refractivity contribution in [1.29, 1.82) is 0 Å². The number of furan rings is 1. The van der Waals surface area contributed by atoms with Crippen molar-refractivity contribution in [3.63, 3.8) is 0 Å². The molecule has 0 saturated carbocycles. The van der Waals surface area contributed by atoms with Gasteiger partial charge in [0.1, 0.15) is 0 Å². The molecule has 4 heteroatoms. The zero-order valence-electron chi connectivity index (χ0n) is 9.18. The van der Waals surface area contributed by atoms with Gasteiger partial charge >= 0.3 is 0 Å². The zero-order valence-corrected chi connectivity index (χ0v) is 9.18. The Morgan fingerprint density at radius 3 is 2.75 bits per heavy atom. The van der Waals surface area contributed by atoms with Gasteiger partial charge < -0.3 is 9.73 Å². The molecule has 1 aromatic heterocycles. The molecule has 0 aliphatic carbocycles. The average Bonchev–Trinajstić information content (AvgIpc) is 2.59. The molecule has 1 atom stereocenters. The van der Waals surface area contributed by atoms with Crippen molar-refractivity contribution in [2.75, 3.05) is 7.05 Å². The van der Waals surface area contributed by atoms with E-state index < -0.39 is 11.8 Å². The van der Waals surface area contributed by atoms with E-state index in [2.05, 4.69) is 9.73 Å². The van der Waals surface area contributed by atoms with E-state index in [4.69, 9.17) is 0 Å². The fourth-order valence-electron chi connectivity index (χ4n) is 1.71. The van der Waals surface area contributed by atoms with Crippen LogP contribution in [0, 0.1) is 11.8 Å². The standard InChI is InChI=1S/C12H13F2NO/c1-7(15-2)3-8-4-9-6-11(14)16-12(9)10(13)5-8/h4-7,15H,3H2,1-2H3/t7-/m0/s1. The van der Waals surface area contributed by atoms with Gasteiger partial charge in [0.15, 0.2) is 11.4 Å². The van der Waals surface area contributed by atoms with Gasteiger partial charge in [0.05, 0.1) is 0 Å². The summed E-state index contributed by atoms with van der Waals surface area (Å²) in [6.07, 6.45) is 0.691. The topological polar surface area (TPSA) is 25.2 Å². The van der Waals surface area contributed by atoms with Crippen LogP contribution < -0.4 is 5.32 Å².